The lowest BCUT2D eigenvalue weighted by Crippen LogP contribution is -2.30. The fraction of sp³-hybridized carbons (Fsp3) is 0.857. The summed E-state index contributed by atoms with van der Waals surface area (Å²) in [5, 5.41) is 3.16. The van der Waals surface area contributed by atoms with Crippen LogP contribution in [0.2, 0.25) is 0 Å². The molecule has 0 amide bonds. The maximum Gasteiger partial charge on any atom is 0.126 e. The van der Waals surface area contributed by atoms with Crippen LogP contribution in [0.3, 0.4) is 0 Å². The molecule has 0 aromatic heterocycles. The first kappa shape index (κ1) is 9.59. The molecule has 60 valence electrons. The Hall–Kier alpha value is -0.410. The third-order valence-electron chi connectivity index (χ3n) is 0.846. The Kier molecular flexibility index (Phi) is 6.43. The molecule has 1 N–H and O–H groups in total. The summed E-state index contributed by atoms with van der Waals surface area (Å²) in [7, 11) is 0. The Morgan fingerprint density at radius 3 is 1.80 bits per heavy atom. The van der Waals surface area contributed by atoms with Crippen molar-refractivity contribution in [3.63, 3.8) is 0 Å². The Labute approximate surface area is 61.8 Å². The number of ketones is 1. The van der Waals surface area contributed by atoms with Crippen molar-refractivity contribution < 1.29 is 9.53 Å². The molecule has 1 heterocycles. The first-order valence-corrected chi connectivity index (χ1v) is 3.49. The zero-order valence-corrected chi connectivity index (χ0v) is 6.64. The number of nitrogens with one attached hydrogen (secondary N) is 1. The van der Waals surface area contributed by atoms with Crippen LogP contribution in [0.5, 0.6) is 0 Å². The summed E-state index contributed by atoms with van der Waals surface area (Å²) in [5.41, 5.74) is 0. The summed E-state index contributed by atoms with van der Waals surface area (Å²) in [4.78, 5) is 9.44. The smallest absolute Gasteiger partial charge is 0.126 e. The largest absolute Gasteiger partial charge is 0.379 e. The van der Waals surface area contributed by atoms with Crippen molar-refractivity contribution in [2.24, 2.45) is 0 Å². The highest BCUT2D eigenvalue weighted by Gasteiger charge is 1.92. The maximum atomic E-state index is 9.44. The average molecular weight is 145 g/mol. The van der Waals surface area contributed by atoms with E-state index in [0.717, 1.165) is 26.3 Å². The summed E-state index contributed by atoms with van der Waals surface area (Å²) in [6.07, 6.45) is 0. The van der Waals surface area contributed by atoms with Crippen LogP contribution in [0.4, 0.5) is 0 Å². The minimum Gasteiger partial charge on any atom is -0.379 e. The van der Waals surface area contributed by atoms with E-state index >= 15 is 0 Å². The van der Waals surface area contributed by atoms with Crippen LogP contribution in [0.15, 0.2) is 0 Å². The summed E-state index contributed by atoms with van der Waals surface area (Å²) >= 11 is 0. The number of carbonyl (C=O) groups is 1. The fourth-order valence-corrected chi connectivity index (χ4v) is 0.516. The topological polar surface area (TPSA) is 38.3 Å². The van der Waals surface area contributed by atoms with Crippen LogP contribution in [-0.4, -0.2) is 32.1 Å². The van der Waals surface area contributed by atoms with E-state index in [1.807, 2.05) is 0 Å². The Morgan fingerprint density at radius 1 is 1.30 bits per heavy atom. The molecular weight excluding hydrogens is 130 g/mol. The summed E-state index contributed by atoms with van der Waals surface area (Å²) < 4.78 is 5.01. The van der Waals surface area contributed by atoms with E-state index < -0.39 is 0 Å². The fourth-order valence-electron chi connectivity index (χ4n) is 0.516. The third kappa shape index (κ3) is 10.5. The normalized spacial score (nSPS) is 17.0. The highest BCUT2D eigenvalue weighted by molar-refractivity contribution is 5.72. The molecule has 1 rings (SSSR count). The van der Waals surface area contributed by atoms with E-state index in [1.54, 1.807) is 0 Å². The predicted octanol–water partition coefficient (Wildman–Crippen LogP) is 0.201. The molecule has 0 radical (unpaired) electrons. The molecule has 0 spiro atoms. The highest BCUT2D eigenvalue weighted by Crippen LogP contribution is 1.76. The second-order valence-electron chi connectivity index (χ2n) is 2.27. The van der Waals surface area contributed by atoms with Gasteiger partial charge in [0, 0.05) is 13.1 Å². The van der Waals surface area contributed by atoms with Gasteiger partial charge in [0.2, 0.25) is 0 Å². The van der Waals surface area contributed by atoms with Gasteiger partial charge in [-0.1, -0.05) is 0 Å². The zero-order valence-electron chi connectivity index (χ0n) is 6.64. The van der Waals surface area contributed by atoms with Gasteiger partial charge in [-0.25, -0.2) is 0 Å². The molecular formula is C7H15NO2. The third-order valence-corrected chi connectivity index (χ3v) is 0.846. The van der Waals surface area contributed by atoms with Gasteiger partial charge in [0.15, 0.2) is 0 Å². The minimum absolute atomic E-state index is 0.167. The number of morpholine rings is 1. The van der Waals surface area contributed by atoms with E-state index in [-0.39, 0.29) is 5.78 Å². The second-order valence-corrected chi connectivity index (χ2v) is 2.27. The summed E-state index contributed by atoms with van der Waals surface area (Å²) in [6, 6.07) is 0. The molecule has 0 aromatic rings. The molecule has 0 atom stereocenters. The lowest BCUT2D eigenvalue weighted by molar-refractivity contribution is -0.114. The van der Waals surface area contributed by atoms with Gasteiger partial charge in [-0.15, -0.1) is 0 Å². The maximum absolute atomic E-state index is 9.44. The second kappa shape index (κ2) is 6.71. The van der Waals surface area contributed by atoms with Crippen LogP contribution in [0.1, 0.15) is 13.8 Å². The predicted molar refractivity (Wildman–Crippen MR) is 40.0 cm³/mol. The van der Waals surface area contributed by atoms with Crippen LogP contribution in [-0.2, 0) is 9.53 Å². The van der Waals surface area contributed by atoms with Crippen molar-refractivity contribution >= 4 is 5.78 Å². The SMILES string of the molecule is C1COCCN1.CC(C)=O. The van der Waals surface area contributed by atoms with Crippen molar-refractivity contribution in [3.8, 4) is 0 Å². The van der Waals surface area contributed by atoms with Crippen molar-refractivity contribution in [3.05, 3.63) is 0 Å². The number of Topliss-reactive ketones (excluding diaryl/α,β-unsaturated/α-hetero) is 1. The lowest BCUT2D eigenvalue weighted by atomic mass is 10.5. The molecule has 0 aromatic carbocycles. The van der Waals surface area contributed by atoms with Gasteiger partial charge < -0.3 is 14.8 Å². The molecule has 1 saturated heterocycles. The lowest BCUT2D eigenvalue weighted by Gasteiger charge is -2.10. The molecule has 1 aliphatic heterocycles. The van der Waals surface area contributed by atoms with Crippen molar-refractivity contribution in [1.29, 1.82) is 0 Å². The molecule has 1 fully saturated rings. The van der Waals surface area contributed by atoms with E-state index in [2.05, 4.69) is 5.32 Å². The van der Waals surface area contributed by atoms with Crippen LogP contribution < -0.4 is 5.32 Å². The van der Waals surface area contributed by atoms with Crippen molar-refractivity contribution in [2.75, 3.05) is 26.3 Å². The van der Waals surface area contributed by atoms with E-state index in [9.17, 15) is 4.79 Å². The number of ether oxygens (including phenoxy) is 1. The quantitative estimate of drug-likeness (QED) is 0.529. The Balaban J connectivity index is 0.000000180. The molecule has 0 unspecified atom stereocenters. The number of rotatable bonds is 0. The molecule has 0 bridgehead atoms. The summed E-state index contributed by atoms with van der Waals surface area (Å²) in [6.45, 7) is 6.89. The molecule has 3 nitrogen and oxygen atoms in total. The van der Waals surface area contributed by atoms with E-state index in [0.29, 0.717) is 0 Å². The Morgan fingerprint density at radius 2 is 1.70 bits per heavy atom. The van der Waals surface area contributed by atoms with Gasteiger partial charge in [0.25, 0.3) is 0 Å². The van der Waals surface area contributed by atoms with E-state index in [4.69, 9.17) is 4.74 Å². The van der Waals surface area contributed by atoms with Gasteiger partial charge >= 0.3 is 0 Å². The van der Waals surface area contributed by atoms with Gasteiger partial charge in [0.1, 0.15) is 5.78 Å². The number of carbonyl (C=O) groups excluding carboxylic acids is 1. The molecule has 10 heavy (non-hydrogen) atoms. The van der Waals surface area contributed by atoms with E-state index in [1.165, 1.54) is 13.8 Å². The minimum atomic E-state index is 0.167. The van der Waals surface area contributed by atoms with Crippen LogP contribution in [0, 0.1) is 0 Å². The zero-order chi connectivity index (χ0) is 7.82. The molecule has 3 heteroatoms. The molecule has 0 aliphatic carbocycles. The monoisotopic (exact) mass is 145 g/mol. The number of hydrogen-bond acceptors (Lipinski definition) is 3. The van der Waals surface area contributed by atoms with Crippen molar-refractivity contribution in [1.82, 2.24) is 5.32 Å². The van der Waals surface area contributed by atoms with Gasteiger partial charge in [0.05, 0.1) is 13.2 Å². The Bertz CT molecular complexity index is 74.1. The van der Waals surface area contributed by atoms with Crippen molar-refractivity contribution in [2.45, 2.75) is 13.8 Å². The first-order valence-electron chi connectivity index (χ1n) is 3.49. The first-order chi connectivity index (χ1) is 4.73. The van der Waals surface area contributed by atoms with Crippen LogP contribution >= 0.6 is 0 Å². The average Bonchev–Trinajstić information content (AvgIpc) is 1.90. The van der Waals surface area contributed by atoms with Gasteiger partial charge in [-0.3, -0.25) is 0 Å². The summed E-state index contributed by atoms with van der Waals surface area (Å²) in [5.74, 6) is 0.167. The number of hydrogen-bond donors (Lipinski definition) is 1. The highest BCUT2D eigenvalue weighted by atomic mass is 16.5. The van der Waals surface area contributed by atoms with Gasteiger partial charge in [-0.2, -0.15) is 0 Å². The molecule has 0 saturated carbocycles. The van der Waals surface area contributed by atoms with Gasteiger partial charge in [-0.05, 0) is 13.8 Å². The molecule has 1 aliphatic rings. The van der Waals surface area contributed by atoms with Crippen LogP contribution in [0.25, 0.3) is 0 Å². The standard InChI is InChI=1S/C4H9NO.C3H6O/c1-3-6-4-2-5-1;1-3(2)4/h5H,1-4H2;1-2H3.